The van der Waals surface area contributed by atoms with Crippen molar-refractivity contribution < 1.29 is 28.7 Å². The van der Waals surface area contributed by atoms with Crippen LogP contribution in [0, 0.1) is 5.92 Å². The highest BCUT2D eigenvalue weighted by Crippen LogP contribution is 2.36. The number of aromatic nitrogens is 1. The molecule has 2 aromatic rings. The normalized spacial score (nSPS) is 19.0. The standard InChI is InChI=1S/C24H24N4O6S/c1-33-17-5-6-18(19(12-17)34-2)28-14-16(11-21(28)29)22(30)26-8-9-27-23(31)20(35-24(27)32)10-15-4-3-7-25-13-15/h3-7,10,12-13,16H,8-9,11,14H2,1-2H3,(H,26,30). The molecule has 10 nitrogen and oxygen atoms in total. The highest BCUT2D eigenvalue weighted by molar-refractivity contribution is 8.18. The third-order valence-electron chi connectivity index (χ3n) is 5.66. The Bertz CT molecular complexity index is 1190. The predicted molar refractivity (Wildman–Crippen MR) is 130 cm³/mol. The van der Waals surface area contributed by atoms with Gasteiger partial charge in [-0.25, -0.2) is 0 Å². The Kier molecular flexibility index (Phi) is 7.35. The van der Waals surface area contributed by atoms with Crippen molar-refractivity contribution in [3.05, 3.63) is 53.2 Å². The molecule has 2 aliphatic heterocycles. The van der Waals surface area contributed by atoms with Gasteiger partial charge >= 0.3 is 0 Å². The largest absolute Gasteiger partial charge is 0.497 e. The summed E-state index contributed by atoms with van der Waals surface area (Å²) in [6.07, 6.45) is 4.89. The highest BCUT2D eigenvalue weighted by Gasteiger charge is 2.37. The molecule has 1 aromatic carbocycles. The highest BCUT2D eigenvalue weighted by atomic mass is 32.2. The summed E-state index contributed by atoms with van der Waals surface area (Å²) in [6, 6.07) is 8.64. The van der Waals surface area contributed by atoms with E-state index >= 15 is 0 Å². The van der Waals surface area contributed by atoms with Gasteiger partial charge in [0.25, 0.3) is 11.1 Å². The number of hydrogen-bond acceptors (Lipinski definition) is 8. The van der Waals surface area contributed by atoms with Crippen molar-refractivity contribution in [3.8, 4) is 11.5 Å². The van der Waals surface area contributed by atoms with Gasteiger partial charge in [0.1, 0.15) is 11.5 Å². The van der Waals surface area contributed by atoms with Gasteiger partial charge in [-0.2, -0.15) is 0 Å². The summed E-state index contributed by atoms with van der Waals surface area (Å²) < 4.78 is 10.6. The molecule has 1 unspecified atom stereocenters. The molecular formula is C24H24N4O6S. The van der Waals surface area contributed by atoms with Crippen molar-refractivity contribution in [1.82, 2.24) is 15.2 Å². The Balaban J connectivity index is 1.32. The number of pyridine rings is 1. The minimum Gasteiger partial charge on any atom is -0.497 e. The number of nitrogens with zero attached hydrogens (tertiary/aromatic N) is 3. The monoisotopic (exact) mass is 496 g/mol. The first-order valence-electron chi connectivity index (χ1n) is 10.9. The average molecular weight is 497 g/mol. The van der Waals surface area contributed by atoms with E-state index in [1.165, 1.54) is 19.1 Å². The molecule has 2 saturated heterocycles. The summed E-state index contributed by atoms with van der Waals surface area (Å²) in [6.45, 7) is 0.327. The number of amides is 4. The van der Waals surface area contributed by atoms with Crippen LogP contribution in [0.4, 0.5) is 10.5 Å². The van der Waals surface area contributed by atoms with E-state index in [9.17, 15) is 19.2 Å². The maximum atomic E-state index is 12.7. The zero-order valence-electron chi connectivity index (χ0n) is 19.2. The molecule has 1 N–H and O–H groups in total. The van der Waals surface area contributed by atoms with Crippen LogP contribution in [0.3, 0.4) is 0 Å². The number of rotatable bonds is 8. The second kappa shape index (κ2) is 10.6. The third-order valence-corrected chi connectivity index (χ3v) is 6.57. The van der Waals surface area contributed by atoms with E-state index < -0.39 is 17.1 Å². The summed E-state index contributed by atoms with van der Waals surface area (Å²) in [4.78, 5) is 57.1. The molecule has 0 spiro atoms. The van der Waals surface area contributed by atoms with E-state index in [4.69, 9.17) is 9.47 Å². The number of nitrogens with one attached hydrogen (secondary N) is 1. The lowest BCUT2D eigenvalue weighted by molar-refractivity contribution is -0.127. The van der Waals surface area contributed by atoms with Crippen LogP contribution in [0.5, 0.6) is 11.5 Å². The van der Waals surface area contributed by atoms with E-state index in [-0.39, 0.29) is 37.9 Å². The molecule has 4 rings (SSSR count). The number of thioether (sulfide) groups is 1. The number of carbonyl (C=O) groups excluding carboxylic acids is 4. The van der Waals surface area contributed by atoms with Crippen LogP contribution in [0.2, 0.25) is 0 Å². The number of anilines is 1. The molecule has 1 aromatic heterocycles. The molecule has 2 aliphatic rings. The van der Waals surface area contributed by atoms with Crippen LogP contribution in [0.1, 0.15) is 12.0 Å². The zero-order chi connectivity index (χ0) is 24.9. The summed E-state index contributed by atoms with van der Waals surface area (Å²) in [5.41, 5.74) is 1.28. The molecular weight excluding hydrogens is 472 g/mol. The molecule has 3 heterocycles. The van der Waals surface area contributed by atoms with Crippen molar-refractivity contribution in [2.24, 2.45) is 5.92 Å². The Labute approximate surface area is 206 Å². The fourth-order valence-corrected chi connectivity index (χ4v) is 4.73. The summed E-state index contributed by atoms with van der Waals surface area (Å²) in [5, 5.41) is 2.35. The summed E-state index contributed by atoms with van der Waals surface area (Å²) >= 11 is 0.851. The smallest absolute Gasteiger partial charge is 0.293 e. The first-order chi connectivity index (χ1) is 16.9. The molecule has 2 fully saturated rings. The lowest BCUT2D eigenvalue weighted by Crippen LogP contribution is -2.40. The SMILES string of the molecule is COc1ccc(N2CC(C(=O)NCCN3C(=O)SC(=Cc4cccnc4)C3=O)CC2=O)c(OC)c1. The molecule has 4 amide bonds. The topological polar surface area (TPSA) is 118 Å². The van der Waals surface area contributed by atoms with Crippen LogP contribution in [0.25, 0.3) is 6.08 Å². The molecule has 0 bridgehead atoms. The van der Waals surface area contributed by atoms with Gasteiger partial charge in [-0.1, -0.05) is 6.07 Å². The third kappa shape index (κ3) is 5.29. The summed E-state index contributed by atoms with van der Waals surface area (Å²) in [5.74, 6) is -0.417. The van der Waals surface area contributed by atoms with Crippen molar-refractivity contribution in [1.29, 1.82) is 0 Å². The second-order valence-corrected chi connectivity index (χ2v) is 8.85. The van der Waals surface area contributed by atoms with E-state index in [0.29, 0.717) is 22.1 Å². The number of carbonyl (C=O) groups is 4. The van der Waals surface area contributed by atoms with Gasteiger partial charge < -0.3 is 19.7 Å². The first-order valence-corrected chi connectivity index (χ1v) is 11.7. The molecule has 0 radical (unpaired) electrons. The maximum absolute atomic E-state index is 12.7. The lowest BCUT2D eigenvalue weighted by Gasteiger charge is -2.20. The van der Waals surface area contributed by atoms with Gasteiger partial charge in [0.15, 0.2) is 0 Å². The number of ether oxygens (including phenoxy) is 2. The van der Waals surface area contributed by atoms with Gasteiger partial charge in [-0.15, -0.1) is 0 Å². The van der Waals surface area contributed by atoms with Crippen LogP contribution in [0.15, 0.2) is 47.6 Å². The molecule has 1 atom stereocenters. The van der Waals surface area contributed by atoms with Gasteiger partial charge in [0.2, 0.25) is 11.8 Å². The number of benzene rings is 1. The Morgan fingerprint density at radius 2 is 2.06 bits per heavy atom. The first kappa shape index (κ1) is 24.3. The quantitative estimate of drug-likeness (QED) is 0.553. The minimum atomic E-state index is -0.560. The maximum Gasteiger partial charge on any atom is 0.293 e. The van der Waals surface area contributed by atoms with Gasteiger partial charge in [0, 0.05) is 44.5 Å². The van der Waals surface area contributed by atoms with Crippen molar-refractivity contribution >= 4 is 46.5 Å². The van der Waals surface area contributed by atoms with E-state index in [0.717, 1.165) is 22.2 Å². The van der Waals surface area contributed by atoms with Crippen molar-refractivity contribution in [2.75, 3.05) is 38.8 Å². The van der Waals surface area contributed by atoms with Crippen LogP contribution in [-0.4, -0.2) is 66.7 Å². The molecule has 11 heteroatoms. The summed E-state index contributed by atoms with van der Waals surface area (Å²) in [7, 11) is 3.04. The van der Waals surface area contributed by atoms with Crippen molar-refractivity contribution in [2.45, 2.75) is 6.42 Å². The predicted octanol–water partition coefficient (Wildman–Crippen LogP) is 2.30. The lowest BCUT2D eigenvalue weighted by atomic mass is 10.1. The molecule has 182 valence electrons. The zero-order valence-corrected chi connectivity index (χ0v) is 20.0. The number of hydrogen-bond donors (Lipinski definition) is 1. The fraction of sp³-hybridized carbons (Fsp3) is 0.292. The number of methoxy groups -OCH3 is 2. The fourth-order valence-electron chi connectivity index (χ4n) is 3.86. The molecule has 0 aliphatic carbocycles. The minimum absolute atomic E-state index is 0.0392. The van der Waals surface area contributed by atoms with Gasteiger partial charge in [-0.05, 0) is 41.6 Å². The van der Waals surface area contributed by atoms with Crippen LogP contribution < -0.4 is 19.7 Å². The van der Waals surface area contributed by atoms with Gasteiger partial charge in [0.05, 0.1) is 30.7 Å². The second-order valence-electron chi connectivity index (χ2n) is 7.85. The van der Waals surface area contributed by atoms with Crippen molar-refractivity contribution in [3.63, 3.8) is 0 Å². The molecule has 0 saturated carbocycles. The van der Waals surface area contributed by atoms with Crippen LogP contribution >= 0.6 is 11.8 Å². The molecule has 35 heavy (non-hydrogen) atoms. The van der Waals surface area contributed by atoms with Crippen LogP contribution in [-0.2, 0) is 14.4 Å². The number of imide groups is 1. The van der Waals surface area contributed by atoms with Gasteiger partial charge in [-0.3, -0.25) is 29.1 Å². The Morgan fingerprint density at radius 1 is 1.23 bits per heavy atom. The van der Waals surface area contributed by atoms with E-state index in [1.54, 1.807) is 48.8 Å². The Hall–Kier alpha value is -3.86. The Morgan fingerprint density at radius 3 is 2.77 bits per heavy atom. The van der Waals surface area contributed by atoms with E-state index in [2.05, 4.69) is 10.3 Å². The average Bonchev–Trinajstić information content (AvgIpc) is 3.38. The van der Waals surface area contributed by atoms with E-state index in [1.807, 2.05) is 0 Å².